The Labute approximate surface area is 208 Å². The fourth-order valence-electron chi connectivity index (χ4n) is 4.01. The van der Waals surface area contributed by atoms with Crippen LogP contribution in [0.15, 0.2) is 83.3 Å². The van der Waals surface area contributed by atoms with Crippen LogP contribution in [0.25, 0.3) is 10.2 Å². The third-order valence-electron chi connectivity index (χ3n) is 5.88. The van der Waals surface area contributed by atoms with E-state index in [1.54, 1.807) is 11.3 Å². The minimum absolute atomic E-state index is 0.0534. The average Bonchev–Trinajstić information content (AvgIpc) is 3.26. The summed E-state index contributed by atoms with van der Waals surface area (Å²) in [5.74, 6) is -0.333. The minimum atomic E-state index is -0.386. The van der Waals surface area contributed by atoms with E-state index in [-0.39, 0.29) is 11.8 Å². The number of hydrogen-bond acceptors (Lipinski definition) is 4. The van der Waals surface area contributed by atoms with Gasteiger partial charge in [-0.05, 0) is 42.4 Å². The molecule has 1 amide bonds. The molecule has 0 aliphatic carbocycles. The number of halogens is 1. The van der Waals surface area contributed by atoms with Crippen LogP contribution >= 0.6 is 27.3 Å². The maximum Gasteiger partial charge on any atom is 0.240 e. The molecule has 1 aromatic heterocycles. The quantitative estimate of drug-likeness (QED) is 0.250. The molecule has 4 rings (SSSR count). The second-order valence-corrected chi connectivity index (χ2v) is 9.80. The van der Waals surface area contributed by atoms with Crippen molar-refractivity contribution in [3.8, 4) is 0 Å². The molecule has 170 valence electrons. The Hall–Kier alpha value is -2.54. The number of nitrogens with zero attached hydrogens (tertiary/aromatic N) is 3. The van der Waals surface area contributed by atoms with Gasteiger partial charge < -0.3 is 4.90 Å². The van der Waals surface area contributed by atoms with E-state index in [9.17, 15) is 4.79 Å². The molecule has 33 heavy (non-hydrogen) atoms. The van der Waals surface area contributed by atoms with Crippen molar-refractivity contribution in [2.24, 2.45) is 0 Å². The van der Waals surface area contributed by atoms with Gasteiger partial charge in [0.25, 0.3) is 0 Å². The number of aromatic nitrogens is 1. The fourth-order valence-corrected chi connectivity index (χ4v) is 5.56. The maximum absolute atomic E-state index is 14.2. The largest absolute Gasteiger partial charge is 0.302 e. The zero-order valence-electron chi connectivity index (χ0n) is 18.9. The molecule has 0 bridgehead atoms. The van der Waals surface area contributed by atoms with Crippen LogP contribution < -0.4 is 4.90 Å². The van der Waals surface area contributed by atoms with Crippen LogP contribution in [0.2, 0.25) is 0 Å². The van der Waals surface area contributed by atoms with E-state index < -0.39 is 0 Å². The molecule has 0 aliphatic heterocycles. The van der Waals surface area contributed by atoms with Crippen molar-refractivity contribution in [1.29, 1.82) is 0 Å². The Kier molecular flexibility index (Phi) is 7.91. The molecule has 0 spiro atoms. The van der Waals surface area contributed by atoms with Crippen LogP contribution in [0, 0.1) is 0 Å². The van der Waals surface area contributed by atoms with E-state index in [2.05, 4.69) is 40.7 Å². The summed E-state index contributed by atoms with van der Waals surface area (Å²) in [4.78, 5) is 23.3. The van der Waals surface area contributed by atoms with E-state index in [0.717, 1.165) is 50.6 Å². The predicted molar refractivity (Wildman–Crippen MR) is 142 cm³/mol. The summed E-state index contributed by atoms with van der Waals surface area (Å²) in [6, 6.07) is 26.1. The Morgan fingerprint density at radius 3 is 2.09 bits per heavy atom. The highest BCUT2D eigenvalue weighted by atomic mass is 79.9. The highest BCUT2D eigenvalue weighted by Crippen LogP contribution is 2.34. The topological polar surface area (TPSA) is 36.4 Å². The Balaban J connectivity index is 1.77. The van der Waals surface area contributed by atoms with Gasteiger partial charge in [-0.25, -0.2) is 4.98 Å². The van der Waals surface area contributed by atoms with Crippen molar-refractivity contribution in [2.45, 2.75) is 19.8 Å². The lowest BCUT2D eigenvalue weighted by molar-refractivity contribution is -0.119. The number of benzene rings is 3. The first-order valence-corrected chi connectivity index (χ1v) is 12.9. The predicted octanol–water partition coefficient (Wildman–Crippen LogP) is 6.57. The normalized spacial score (nSPS) is 11.4. The molecule has 0 radical (unpaired) electrons. The van der Waals surface area contributed by atoms with Crippen LogP contribution in [-0.4, -0.2) is 42.0 Å². The van der Waals surface area contributed by atoms with Gasteiger partial charge in [0.15, 0.2) is 5.13 Å². The number of rotatable bonds is 9. The van der Waals surface area contributed by atoms with Gasteiger partial charge >= 0.3 is 0 Å². The lowest BCUT2D eigenvalue weighted by atomic mass is 9.90. The Bertz CT molecular complexity index is 1150. The molecule has 6 heteroatoms. The molecule has 0 N–H and O–H groups in total. The summed E-state index contributed by atoms with van der Waals surface area (Å²) in [5.41, 5.74) is 2.89. The molecule has 0 fully saturated rings. The van der Waals surface area contributed by atoms with Gasteiger partial charge in [0, 0.05) is 17.6 Å². The van der Waals surface area contributed by atoms with Gasteiger partial charge in [0.05, 0.1) is 16.1 Å². The van der Waals surface area contributed by atoms with Gasteiger partial charge in [0.2, 0.25) is 5.91 Å². The maximum atomic E-state index is 14.2. The van der Waals surface area contributed by atoms with Gasteiger partial charge in [-0.15, -0.1) is 0 Å². The average molecular weight is 523 g/mol. The number of carbonyl (C=O) groups is 1. The van der Waals surface area contributed by atoms with Gasteiger partial charge in [-0.3, -0.25) is 9.69 Å². The second-order valence-electron chi connectivity index (χ2n) is 7.88. The number of amides is 1. The van der Waals surface area contributed by atoms with E-state index in [1.165, 1.54) is 0 Å². The number of carbonyl (C=O) groups excluding carboxylic acids is 1. The summed E-state index contributed by atoms with van der Waals surface area (Å²) < 4.78 is 2.08. The molecule has 4 nitrogen and oxygen atoms in total. The van der Waals surface area contributed by atoms with E-state index in [4.69, 9.17) is 4.98 Å². The van der Waals surface area contributed by atoms with Gasteiger partial charge in [0.1, 0.15) is 0 Å². The van der Waals surface area contributed by atoms with E-state index >= 15 is 0 Å². The summed E-state index contributed by atoms with van der Waals surface area (Å²) >= 11 is 5.12. The van der Waals surface area contributed by atoms with Gasteiger partial charge in [-0.1, -0.05) is 102 Å². The molecule has 0 unspecified atom stereocenters. The SMILES string of the molecule is CCN(CC)CCN(C(=O)C(c1ccccc1)c1ccccc1)c1nc2ccc(Br)cc2s1. The first kappa shape index (κ1) is 23.6. The van der Waals surface area contributed by atoms with Crippen LogP contribution in [0.5, 0.6) is 0 Å². The lowest BCUT2D eigenvalue weighted by Crippen LogP contribution is -2.41. The summed E-state index contributed by atoms with van der Waals surface area (Å²) in [6.07, 6.45) is 0. The molecule has 1 heterocycles. The molecule has 0 aliphatic rings. The molecular weight excluding hydrogens is 494 g/mol. The van der Waals surface area contributed by atoms with Crippen LogP contribution in [0.1, 0.15) is 30.9 Å². The zero-order chi connectivity index (χ0) is 23.2. The molecule has 3 aromatic carbocycles. The molecule has 0 saturated carbocycles. The van der Waals surface area contributed by atoms with Crippen molar-refractivity contribution < 1.29 is 4.79 Å². The smallest absolute Gasteiger partial charge is 0.240 e. The standard InChI is InChI=1S/C27H28BrN3OS/c1-3-30(4-2)17-18-31(27-29-23-16-15-22(28)19-24(23)33-27)26(32)25(20-11-7-5-8-12-20)21-13-9-6-10-14-21/h5-16,19,25H,3-4,17-18H2,1-2H3. The molecule has 0 atom stereocenters. The molecular formula is C27H28BrN3OS. The van der Waals surface area contributed by atoms with Crippen LogP contribution in [-0.2, 0) is 4.79 Å². The first-order valence-electron chi connectivity index (χ1n) is 11.3. The monoisotopic (exact) mass is 521 g/mol. The Morgan fingerprint density at radius 1 is 0.909 bits per heavy atom. The summed E-state index contributed by atoms with van der Waals surface area (Å²) in [5, 5.41) is 0.747. The van der Waals surface area contributed by atoms with E-state index in [1.807, 2.05) is 77.7 Å². The van der Waals surface area contributed by atoms with Gasteiger partial charge in [-0.2, -0.15) is 0 Å². The number of likely N-dealkylation sites (N-methyl/N-ethyl adjacent to an activating group) is 1. The van der Waals surface area contributed by atoms with Crippen molar-refractivity contribution >= 4 is 48.5 Å². The van der Waals surface area contributed by atoms with E-state index in [0.29, 0.717) is 6.54 Å². The van der Waals surface area contributed by atoms with Crippen LogP contribution in [0.4, 0.5) is 5.13 Å². The summed E-state index contributed by atoms with van der Waals surface area (Å²) in [6.45, 7) is 7.60. The highest BCUT2D eigenvalue weighted by Gasteiger charge is 2.30. The van der Waals surface area contributed by atoms with Crippen molar-refractivity contribution in [3.05, 3.63) is 94.5 Å². The summed E-state index contributed by atoms with van der Waals surface area (Å²) in [7, 11) is 0. The Morgan fingerprint density at radius 2 is 1.52 bits per heavy atom. The minimum Gasteiger partial charge on any atom is -0.302 e. The number of anilines is 1. The van der Waals surface area contributed by atoms with Crippen molar-refractivity contribution in [3.63, 3.8) is 0 Å². The molecule has 0 saturated heterocycles. The second kappa shape index (κ2) is 11.1. The third-order valence-corrected chi connectivity index (χ3v) is 7.42. The van der Waals surface area contributed by atoms with Crippen molar-refractivity contribution in [1.82, 2.24) is 9.88 Å². The number of thiazole rings is 1. The van der Waals surface area contributed by atoms with Crippen LogP contribution in [0.3, 0.4) is 0 Å². The lowest BCUT2D eigenvalue weighted by Gasteiger charge is -2.28. The molecule has 4 aromatic rings. The zero-order valence-corrected chi connectivity index (χ0v) is 21.3. The first-order chi connectivity index (χ1) is 16.1. The highest BCUT2D eigenvalue weighted by molar-refractivity contribution is 9.10. The fraction of sp³-hybridized carbons (Fsp3) is 0.259. The number of hydrogen-bond donors (Lipinski definition) is 0. The third kappa shape index (κ3) is 5.52. The van der Waals surface area contributed by atoms with Crippen molar-refractivity contribution in [2.75, 3.05) is 31.1 Å². The number of fused-ring (bicyclic) bond motifs is 1.